The van der Waals surface area contributed by atoms with Gasteiger partial charge in [-0.3, -0.25) is 10.1 Å². The number of hydrogen-bond donors (Lipinski definition) is 3. The van der Waals surface area contributed by atoms with Crippen molar-refractivity contribution in [2.45, 2.75) is 6.42 Å². The number of halogens is 1. The number of rotatable bonds is 8. The summed E-state index contributed by atoms with van der Waals surface area (Å²) in [5.41, 5.74) is 5.25. The number of nitro groups is 1. The van der Waals surface area contributed by atoms with E-state index in [2.05, 4.69) is 20.6 Å². The molecule has 25 heavy (non-hydrogen) atoms. The molecule has 0 saturated heterocycles. The molecule has 0 aliphatic rings. The third-order valence-electron chi connectivity index (χ3n) is 3.29. The number of nitrogens with zero attached hydrogens (tertiary/aromatic N) is 4. The lowest BCUT2D eigenvalue weighted by atomic mass is 10.3. The quantitative estimate of drug-likeness (QED) is 0.377. The van der Waals surface area contributed by atoms with Crippen molar-refractivity contribution in [3.05, 3.63) is 40.2 Å². The Hall–Kier alpha value is -3.01. The van der Waals surface area contributed by atoms with Gasteiger partial charge in [0.2, 0.25) is 17.6 Å². The van der Waals surface area contributed by atoms with Gasteiger partial charge >= 0.3 is 5.69 Å². The maximum atomic E-state index is 13.8. The fourth-order valence-electron chi connectivity index (χ4n) is 2.10. The molecule has 2 aromatic rings. The molecule has 9 nitrogen and oxygen atoms in total. The fraction of sp³-hybridized carbons (Fsp3) is 0.333. The number of anilines is 4. The van der Waals surface area contributed by atoms with E-state index in [0.717, 1.165) is 13.0 Å². The molecular formula is C15H20FN7O2. The van der Waals surface area contributed by atoms with Gasteiger partial charge in [0.05, 0.1) is 10.6 Å². The van der Waals surface area contributed by atoms with Crippen LogP contribution < -0.4 is 16.4 Å². The predicted molar refractivity (Wildman–Crippen MR) is 94.4 cm³/mol. The number of nitrogens with one attached hydrogen (secondary N) is 2. The normalized spacial score (nSPS) is 10.7. The molecule has 0 fully saturated rings. The highest BCUT2D eigenvalue weighted by Crippen LogP contribution is 2.31. The average molecular weight is 349 g/mol. The van der Waals surface area contributed by atoms with Crippen LogP contribution in [0.25, 0.3) is 0 Å². The summed E-state index contributed by atoms with van der Waals surface area (Å²) in [6, 6.07) is 5.80. The SMILES string of the molecule is CN(C)CCCNc1nc(N)c([N+](=O)[O-])c(Nc2ccccc2F)n1. The van der Waals surface area contributed by atoms with E-state index in [1.165, 1.54) is 18.2 Å². The van der Waals surface area contributed by atoms with E-state index in [1.807, 2.05) is 19.0 Å². The van der Waals surface area contributed by atoms with Crippen LogP contribution in [0.1, 0.15) is 6.42 Å². The highest BCUT2D eigenvalue weighted by Gasteiger charge is 2.23. The van der Waals surface area contributed by atoms with E-state index in [1.54, 1.807) is 6.07 Å². The van der Waals surface area contributed by atoms with Crippen molar-refractivity contribution in [2.75, 3.05) is 43.6 Å². The number of para-hydroxylation sites is 1. The molecule has 0 amide bonds. The molecule has 0 unspecified atom stereocenters. The molecule has 0 spiro atoms. The first kappa shape index (κ1) is 18.3. The van der Waals surface area contributed by atoms with E-state index >= 15 is 0 Å². The Balaban J connectivity index is 2.25. The zero-order valence-electron chi connectivity index (χ0n) is 14.0. The van der Waals surface area contributed by atoms with Crippen LogP contribution in [-0.4, -0.2) is 47.0 Å². The average Bonchev–Trinajstić information content (AvgIpc) is 2.53. The van der Waals surface area contributed by atoms with Gasteiger partial charge < -0.3 is 21.3 Å². The van der Waals surface area contributed by atoms with E-state index in [4.69, 9.17) is 5.73 Å². The van der Waals surface area contributed by atoms with Crippen LogP contribution in [0.4, 0.5) is 33.3 Å². The van der Waals surface area contributed by atoms with Crippen LogP contribution >= 0.6 is 0 Å². The van der Waals surface area contributed by atoms with Crippen molar-refractivity contribution < 1.29 is 9.31 Å². The predicted octanol–water partition coefficient (Wildman–Crippen LogP) is 2.21. The van der Waals surface area contributed by atoms with Crippen LogP contribution in [0.2, 0.25) is 0 Å². The van der Waals surface area contributed by atoms with Gasteiger partial charge in [-0.25, -0.2) is 4.39 Å². The highest BCUT2D eigenvalue weighted by molar-refractivity contribution is 5.74. The van der Waals surface area contributed by atoms with Gasteiger partial charge in [0.1, 0.15) is 5.82 Å². The lowest BCUT2D eigenvalue weighted by Gasteiger charge is -2.12. The Kier molecular flexibility index (Phi) is 6.01. The summed E-state index contributed by atoms with van der Waals surface area (Å²) in [5.74, 6) is -0.887. The monoisotopic (exact) mass is 349 g/mol. The zero-order chi connectivity index (χ0) is 18.4. The van der Waals surface area contributed by atoms with E-state index in [-0.39, 0.29) is 23.3 Å². The number of nitrogens with two attached hydrogens (primary N) is 1. The minimum absolute atomic E-state index is 0.0576. The summed E-state index contributed by atoms with van der Waals surface area (Å²) in [5, 5.41) is 16.8. The minimum atomic E-state index is -0.700. The Morgan fingerprint density at radius 1 is 1.32 bits per heavy atom. The molecule has 0 saturated carbocycles. The Labute approximate surface area is 144 Å². The standard InChI is InChI=1S/C15H20FN7O2/c1-22(2)9-5-8-18-15-20-13(17)12(23(24)25)14(21-15)19-11-7-4-3-6-10(11)16/h3-4,6-7H,5,8-9H2,1-2H3,(H4,17,18,19,20,21). The third kappa shape index (κ3) is 4.98. The van der Waals surface area contributed by atoms with Crippen molar-refractivity contribution in [3.63, 3.8) is 0 Å². The van der Waals surface area contributed by atoms with Crippen molar-refractivity contribution in [1.29, 1.82) is 0 Å². The second-order valence-electron chi connectivity index (χ2n) is 5.58. The molecule has 10 heteroatoms. The maximum Gasteiger partial charge on any atom is 0.353 e. The molecule has 4 N–H and O–H groups in total. The molecule has 1 aromatic heterocycles. The van der Waals surface area contributed by atoms with Gasteiger partial charge in [0, 0.05) is 6.54 Å². The first-order chi connectivity index (χ1) is 11.9. The molecule has 2 rings (SSSR count). The van der Waals surface area contributed by atoms with Gasteiger partial charge in [0.15, 0.2) is 0 Å². The Bertz CT molecular complexity index is 755. The second kappa shape index (κ2) is 8.20. The van der Waals surface area contributed by atoms with E-state index < -0.39 is 16.4 Å². The smallest absolute Gasteiger partial charge is 0.353 e. The molecule has 1 heterocycles. The summed E-state index contributed by atoms with van der Waals surface area (Å²) in [6.45, 7) is 1.42. The van der Waals surface area contributed by atoms with Crippen molar-refractivity contribution in [3.8, 4) is 0 Å². The Morgan fingerprint density at radius 2 is 2.04 bits per heavy atom. The van der Waals surface area contributed by atoms with E-state index in [0.29, 0.717) is 6.54 Å². The molecule has 0 bridgehead atoms. The summed E-state index contributed by atoms with van der Waals surface area (Å²) in [4.78, 5) is 20.6. The summed E-state index contributed by atoms with van der Waals surface area (Å²) in [6.07, 6.45) is 0.823. The van der Waals surface area contributed by atoms with Gasteiger partial charge in [0.25, 0.3) is 0 Å². The van der Waals surface area contributed by atoms with Gasteiger partial charge in [-0.15, -0.1) is 0 Å². The van der Waals surface area contributed by atoms with Crippen molar-refractivity contribution in [1.82, 2.24) is 14.9 Å². The first-order valence-corrected chi connectivity index (χ1v) is 7.60. The van der Waals surface area contributed by atoms with Crippen LogP contribution in [0.15, 0.2) is 24.3 Å². The first-order valence-electron chi connectivity index (χ1n) is 7.60. The van der Waals surface area contributed by atoms with E-state index in [9.17, 15) is 14.5 Å². The summed E-state index contributed by atoms with van der Waals surface area (Å²) in [7, 11) is 3.91. The Morgan fingerprint density at radius 3 is 2.68 bits per heavy atom. The number of hydrogen-bond acceptors (Lipinski definition) is 8. The number of benzene rings is 1. The number of aromatic nitrogens is 2. The third-order valence-corrected chi connectivity index (χ3v) is 3.29. The molecule has 0 aliphatic carbocycles. The summed E-state index contributed by atoms with van der Waals surface area (Å²) >= 11 is 0. The lowest BCUT2D eigenvalue weighted by Crippen LogP contribution is -2.17. The maximum absolute atomic E-state index is 13.8. The molecule has 0 atom stereocenters. The van der Waals surface area contributed by atoms with Crippen LogP contribution in [0.3, 0.4) is 0 Å². The zero-order valence-corrected chi connectivity index (χ0v) is 14.0. The van der Waals surface area contributed by atoms with Crippen molar-refractivity contribution in [2.24, 2.45) is 0 Å². The van der Waals surface area contributed by atoms with Crippen LogP contribution in [-0.2, 0) is 0 Å². The lowest BCUT2D eigenvalue weighted by molar-refractivity contribution is -0.383. The van der Waals surface area contributed by atoms with Crippen molar-refractivity contribution >= 4 is 29.0 Å². The topological polar surface area (TPSA) is 122 Å². The minimum Gasteiger partial charge on any atom is -0.378 e. The van der Waals surface area contributed by atoms with Gasteiger partial charge in [-0.05, 0) is 39.2 Å². The highest BCUT2D eigenvalue weighted by atomic mass is 19.1. The largest absolute Gasteiger partial charge is 0.378 e. The molecular weight excluding hydrogens is 329 g/mol. The number of nitrogen functional groups attached to an aromatic ring is 1. The van der Waals surface area contributed by atoms with Gasteiger partial charge in [-0.2, -0.15) is 9.97 Å². The molecule has 134 valence electrons. The molecule has 1 aromatic carbocycles. The summed E-state index contributed by atoms with van der Waals surface area (Å²) < 4.78 is 13.8. The molecule has 0 aliphatic heterocycles. The molecule has 0 radical (unpaired) electrons. The van der Waals surface area contributed by atoms with Crippen LogP contribution in [0, 0.1) is 15.9 Å². The van der Waals surface area contributed by atoms with Crippen LogP contribution in [0.5, 0.6) is 0 Å². The second-order valence-corrected chi connectivity index (χ2v) is 5.58. The fourth-order valence-corrected chi connectivity index (χ4v) is 2.10. The van der Waals surface area contributed by atoms with Gasteiger partial charge in [-0.1, -0.05) is 12.1 Å².